The Kier molecular flexibility index (Phi) is 4.42. The molecular weight excluding hydrogens is 268 g/mol. The molecule has 0 saturated heterocycles. The molecule has 0 spiro atoms. The zero-order chi connectivity index (χ0) is 15.4. The van der Waals surface area contributed by atoms with Gasteiger partial charge < -0.3 is 9.15 Å². The van der Waals surface area contributed by atoms with Gasteiger partial charge in [-0.05, 0) is 51.1 Å². The van der Waals surface area contributed by atoms with E-state index in [2.05, 4.69) is 10.5 Å². The van der Waals surface area contributed by atoms with Crippen LogP contribution >= 0.6 is 0 Å². The fourth-order valence-electron chi connectivity index (χ4n) is 1.99. The second-order valence-electron chi connectivity index (χ2n) is 4.69. The molecule has 1 N–H and O–H groups in total. The number of aryl methyl sites for hydroxylation is 2. The first-order valence-electron chi connectivity index (χ1n) is 6.57. The number of nitrogens with one attached hydrogen (secondary N) is 1. The molecule has 110 valence electrons. The Hall–Kier alpha value is -2.56. The summed E-state index contributed by atoms with van der Waals surface area (Å²) in [7, 11) is 1.58. The van der Waals surface area contributed by atoms with E-state index >= 15 is 0 Å². The highest BCUT2D eigenvalue weighted by atomic mass is 16.5. The molecule has 0 fully saturated rings. The van der Waals surface area contributed by atoms with Crippen molar-refractivity contribution in [2.24, 2.45) is 5.10 Å². The predicted molar refractivity (Wildman–Crippen MR) is 80.9 cm³/mol. The lowest BCUT2D eigenvalue weighted by Gasteiger charge is -2.03. The Balaban J connectivity index is 2.08. The number of hydrogen-bond acceptors (Lipinski definition) is 4. The third-order valence-electron chi connectivity index (χ3n) is 3.11. The van der Waals surface area contributed by atoms with E-state index in [9.17, 15) is 4.79 Å². The highest BCUT2D eigenvalue weighted by Gasteiger charge is 2.09. The van der Waals surface area contributed by atoms with E-state index < -0.39 is 0 Å². The number of ether oxygens (including phenoxy) is 1. The largest absolute Gasteiger partial charge is 0.497 e. The van der Waals surface area contributed by atoms with Gasteiger partial charge in [0.2, 0.25) is 0 Å². The van der Waals surface area contributed by atoms with Crippen LogP contribution in [0.25, 0.3) is 0 Å². The van der Waals surface area contributed by atoms with Crippen molar-refractivity contribution in [2.75, 3.05) is 7.11 Å². The highest BCUT2D eigenvalue weighted by Crippen LogP contribution is 2.14. The molecule has 2 rings (SSSR count). The Morgan fingerprint density at radius 3 is 2.43 bits per heavy atom. The van der Waals surface area contributed by atoms with Gasteiger partial charge in [0, 0.05) is 11.1 Å². The lowest BCUT2D eigenvalue weighted by atomic mass is 10.2. The molecule has 1 amide bonds. The van der Waals surface area contributed by atoms with E-state index in [0.29, 0.717) is 17.0 Å². The van der Waals surface area contributed by atoms with Gasteiger partial charge in [-0.15, -0.1) is 0 Å². The zero-order valence-corrected chi connectivity index (χ0v) is 12.6. The second-order valence-corrected chi connectivity index (χ2v) is 4.69. The molecule has 5 heteroatoms. The lowest BCUT2D eigenvalue weighted by molar-refractivity contribution is 0.0955. The molecule has 0 radical (unpaired) electrons. The molecule has 1 aromatic heterocycles. The molecular formula is C16H18N2O3. The smallest absolute Gasteiger partial charge is 0.271 e. The van der Waals surface area contributed by atoms with Gasteiger partial charge in [-0.3, -0.25) is 4.79 Å². The maximum Gasteiger partial charge on any atom is 0.271 e. The van der Waals surface area contributed by atoms with Gasteiger partial charge in [0.15, 0.2) is 0 Å². The molecule has 2 aromatic rings. The lowest BCUT2D eigenvalue weighted by Crippen LogP contribution is -2.19. The first kappa shape index (κ1) is 14.8. The van der Waals surface area contributed by atoms with Gasteiger partial charge in [0.25, 0.3) is 5.91 Å². The SMILES string of the molecule is COc1ccc(C(=O)N/N=C(/C)c2cc(C)oc2C)cc1. The van der Waals surface area contributed by atoms with Crippen molar-refractivity contribution >= 4 is 11.6 Å². The van der Waals surface area contributed by atoms with Crippen molar-refractivity contribution in [1.29, 1.82) is 0 Å². The van der Waals surface area contributed by atoms with Crippen LogP contribution in [0.1, 0.15) is 34.4 Å². The number of amides is 1. The number of nitrogens with zero attached hydrogens (tertiary/aromatic N) is 1. The Morgan fingerprint density at radius 1 is 1.24 bits per heavy atom. The minimum absolute atomic E-state index is 0.269. The van der Waals surface area contributed by atoms with Crippen LogP contribution in [0.2, 0.25) is 0 Å². The molecule has 0 aliphatic rings. The Bertz CT molecular complexity index is 669. The number of hydrazone groups is 1. The molecule has 0 unspecified atom stereocenters. The van der Waals surface area contributed by atoms with Crippen molar-refractivity contribution < 1.29 is 13.9 Å². The summed E-state index contributed by atoms with van der Waals surface area (Å²) >= 11 is 0. The topological polar surface area (TPSA) is 63.8 Å². The van der Waals surface area contributed by atoms with Gasteiger partial charge in [-0.2, -0.15) is 5.10 Å². The van der Waals surface area contributed by atoms with Gasteiger partial charge in [0.05, 0.1) is 12.8 Å². The van der Waals surface area contributed by atoms with Crippen molar-refractivity contribution in [2.45, 2.75) is 20.8 Å². The molecule has 0 aliphatic heterocycles. The Labute approximate surface area is 123 Å². The number of rotatable bonds is 4. The number of furan rings is 1. The standard InChI is InChI=1S/C16H18N2O3/c1-10-9-15(12(3)21-10)11(2)17-18-16(19)13-5-7-14(20-4)8-6-13/h5-9H,1-4H3,(H,18,19)/b17-11-. The number of methoxy groups -OCH3 is 1. The zero-order valence-electron chi connectivity index (χ0n) is 12.6. The van der Waals surface area contributed by atoms with Gasteiger partial charge >= 0.3 is 0 Å². The summed E-state index contributed by atoms with van der Waals surface area (Å²) in [6.07, 6.45) is 0. The van der Waals surface area contributed by atoms with Crippen molar-refractivity contribution in [3.8, 4) is 5.75 Å². The average Bonchev–Trinajstić information content (AvgIpc) is 2.83. The molecule has 0 bridgehead atoms. The molecule has 1 heterocycles. The average molecular weight is 286 g/mol. The van der Waals surface area contributed by atoms with E-state index in [4.69, 9.17) is 9.15 Å². The highest BCUT2D eigenvalue weighted by molar-refractivity contribution is 6.01. The van der Waals surface area contributed by atoms with Crippen LogP contribution in [0.4, 0.5) is 0 Å². The van der Waals surface area contributed by atoms with Gasteiger partial charge in [-0.25, -0.2) is 5.43 Å². The normalized spacial score (nSPS) is 11.3. The maximum atomic E-state index is 12.0. The number of hydrogen-bond donors (Lipinski definition) is 1. The minimum atomic E-state index is -0.269. The van der Waals surface area contributed by atoms with E-state index in [0.717, 1.165) is 17.1 Å². The third-order valence-corrected chi connectivity index (χ3v) is 3.11. The quantitative estimate of drug-likeness (QED) is 0.694. The monoisotopic (exact) mass is 286 g/mol. The maximum absolute atomic E-state index is 12.0. The fourth-order valence-corrected chi connectivity index (χ4v) is 1.99. The molecule has 1 aromatic carbocycles. The molecule has 0 atom stereocenters. The van der Waals surface area contributed by atoms with Crippen LogP contribution in [0.5, 0.6) is 5.75 Å². The first-order chi connectivity index (χ1) is 10.0. The van der Waals surface area contributed by atoms with Crippen molar-refractivity contribution in [1.82, 2.24) is 5.43 Å². The molecule has 0 saturated carbocycles. The molecule has 0 aliphatic carbocycles. The summed E-state index contributed by atoms with van der Waals surface area (Å²) in [5, 5.41) is 4.11. The van der Waals surface area contributed by atoms with E-state index in [1.807, 2.05) is 26.8 Å². The number of carbonyl (C=O) groups is 1. The summed E-state index contributed by atoms with van der Waals surface area (Å²) in [6.45, 7) is 5.57. The van der Waals surface area contributed by atoms with Crippen molar-refractivity contribution in [3.63, 3.8) is 0 Å². The number of carbonyl (C=O) groups excluding carboxylic acids is 1. The number of benzene rings is 1. The Morgan fingerprint density at radius 2 is 1.90 bits per heavy atom. The fraction of sp³-hybridized carbons (Fsp3) is 0.250. The van der Waals surface area contributed by atoms with Gasteiger partial charge in [0.1, 0.15) is 17.3 Å². The van der Waals surface area contributed by atoms with E-state index in [1.165, 1.54) is 0 Å². The molecule has 21 heavy (non-hydrogen) atoms. The summed E-state index contributed by atoms with van der Waals surface area (Å²) in [4.78, 5) is 12.0. The van der Waals surface area contributed by atoms with Crippen LogP contribution in [-0.2, 0) is 0 Å². The predicted octanol–water partition coefficient (Wildman–Crippen LogP) is 3.06. The third kappa shape index (κ3) is 3.51. The van der Waals surface area contributed by atoms with Crippen molar-refractivity contribution in [3.05, 3.63) is 53.0 Å². The van der Waals surface area contributed by atoms with E-state index in [1.54, 1.807) is 31.4 Å². The van der Waals surface area contributed by atoms with Crippen LogP contribution in [0.15, 0.2) is 39.9 Å². The first-order valence-corrected chi connectivity index (χ1v) is 6.57. The van der Waals surface area contributed by atoms with Crippen LogP contribution < -0.4 is 10.2 Å². The summed E-state index contributed by atoms with van der Waals surface area (Å²) in [5.41, 5.74) is 4.65. The van der Waals surface area contributed by atoms with E-state index in [-0.39, 0.29) is 5.91 Å². The van der Waals surface area contributed by atoms with Crippen LogP contribution in [0, 0.1) is 13.8 Å². The van der Waals surface area contributed by atoms with Crippen LogP contribution in [0.3, 0.4) is 0 Å². The minimum Gasteiger partial charge on any atom is -0.497 e. The van der Waals surface area contributed by atoms with Gasteiger partial charge in [-0.1, -0.05) is 0 Å². The summed E-state index contributed by atoms with van der Waals surface area (Å²) < 4.78 is 10.5. The molecule has 5 nitrogen and oxygen atoms in total. The summed E-state index contributed by atoms with van der Waals surface area (Å²) in [5.74, 6) is 2.04. The second kappa shape index (κ2) is 6.26. The van der Waals surface area contributed by atoms with Crippen LogP contribution in [-0.4, -0.2) is 18.7 Å². The summed E-state index contributed by atoms with van der Waals surface area (Å²) in [6, 6.07) is 8.73.